The number of nitrogens with zero attached hydrogens (tertiary/aromatic N) is 1. The van der Waals surface area contributed by atoms with Gasteiger partial charge in [0.15, 0.2) is 0 Å². The van der Waals surface area contributed by atoms with Crippen molar-refractivity contribution in [1.29, 1.82) is 0 Å². The molecule has 1 saturated heterocycles. The van der Waals surface area contributed by atoms with Crippen molar-refractivity contribution in [3.63, 3.8) is 0 Å². The third-order valence-corrected chi connectivity index (χ3v) is 6.69. The topological polar surface area (TPSA) is 29.3 Å². The fraction of sp³-hybridized carbons (Fsp3) is 0.520. The maximum absolute atomic E-state index is 6.49. The normalized spacial score (nSPS) is 27.1. The third-order valence-electron chi connectivity index (χ3n) is 6.69. The molecule has 2 fully saturated rings. The predicted molar refractivity (Wildman–Crippen MR) is 114 cm³/mol. The van der Waals surface area contributed by atoms with Gasteiger partial charge in [-0.3, -0.25) is 0 Å². The van der Waals surface area contributed by atoms with Gasteiger partial charge in [0.05, 0.1) is 0 Å². The maximum Gasteiger partial charge on any atom is 0.00914 e. The highest BCUT2D eigenvalue weighted by molar-refractivity contribution is 5.20. The van der Waals surface area contributed by atoms with Crippen molar-refractivity contribution in [3.05, 3.63) is 71.8 Å². The van der Waals surface area contributed by atoms with E-state index in [0.717, 1.165) is 31.2 Å². The Morgan fingerprint density at radius 2 is 1.56 bits per heavy atom. The van der Waals surface area contributed by atoms with Crippen LogP contribution in [0.15, 0.2) is 60.7 Å². The van der Waals surface area contributed by atoms with E-state index in [0.29, 0.717) is 5.92 Å². The summed E-state index contributed by atoms with van der Waals surface area (Å²) in [5.41, 5.74) is 9.38. The van der Waals surface area contributed by atoms with Gasteiger partial charge in [-0.05, 0) is 67.5 Å². The van der Waals surface area contributed by atoms with Crippen molar-refractivity contribution in [2.45, 2.75) is 50.5 Å². The third kappa shape index (κ3) is 5.21. The van der Waals surface area contributed by atoms with E-state index >= 15 is 0 Å². The van der Waals surface area contributed by atoms with Gasteiger partial charge in [-0.1, -0.05) is 67.1 Å². The van der Waals surface area contributed by atoms with Gasteiger partial charge in [-0.15, -0.1) is 0 Å². The average molecular weight is 363 g/mol. The van der Waals surface area contributed by atoms with Crippen LogP contribution in [0, 0.1) is 11.8 Å². The zero-order valence-electron chi connectivity index (χ0n) is 16.5. The zero-order chi connectivity index (χ0) is 18.5. The molecule has 27 heavy (non-hydrogen) atoms. The number of benzene rings is 2. The molecule has 2 aliphatic rings. The Balaban J connectivity index is 1.37. The number of rotatable bonds is 6. The van der Waals surface area contributed by atoms with Gasteiger partial charge >= 0.3 is 0 Å². The summed E-state index contributed by atoms with van der Waals surface area (Å²) in [4.78, 5) is 2.73. The molecule has 2 aromatic rings. The van der Waals surface area contributed by atoms with Crippen molar-refractivity contribution >= 4 is 0 Å². The van der Waals surface area contributed by atoms with E-state index < -0.39 is 0 Å². The molecule has 4 unspecified atom stereocenters. The molecule has 2 bridgehead atoms. The highest BCUT2D eigenvalue weighted by Gasteiger charge is 2.32. The first-order chi connectivity index (χ1) is 13.3. The molecule has 2 aromatic carbocycles. The largest absolute Gasteiger partial charge is 0.327 e. The zero-order valence-corrected chi connectivity index (χ0v) is 16.5. The summed E-state index contributed by atoms with van der Waals surface area (Å²) in [6.45, 7) is 3.62. The van der Waals surface area contributed by atoms with E-state index in [1.54, 1.807) is 0 Å². The molecule has 0 aromatic heterocycles. The van der Waals surface area contributed by atoms with Crippen molar-refractivity contribution in [2.75, 3.05) is 19.6 Å². The summed E-state index contributed by atoms with van der Waals surface area (Å²) in [6.07, 6.45) is 7.76. The highest BCUT2D eigenvalue weighted by atomic mass is 15.1. The lowest BCUT2D eigenvalue weighted by Crippen LogP contribution is -2.38. The number of hydrogen-bond donors (Lipinski definition) is 1. The van der Waals surface area contributed by atoms with Crippen LogP contribution < -0.4 is 5.73 Å². The van der Waals surface area contributed by atoms with Gasteiger partial charge < -0.3 is 10.6 Å². The van der Waals surface area contributed by atoms with Gasteiger partial charge in [0.1, 0.15) is 0 Å². The lowest BCUT2D eigenvalue weighted by Gasteiger charge is -2.34. The minimum absolute atomic E-state index is 0.254. The standard InChI is InChI=1S/C25H34N2/c26-25(17-20-7-3-1-4-8-20)13-14-27-18-22-12-11-21(15-22)16-24(19-27)23-9-5-2-6-10-23/h1-10,21-22,24-25H,11-19,26H2. The van der Waals surface area contributed by atoms with Crippen molar-refractivity contribution in [2.24, 2.45) is 17.6 Å². The number of hydrogen-bond acceptors (Lipinski definition) is 2. The quantitative estimate of drug-likeness (QED) is 0.796. The SMILES string of the molecule is NC(CCN1CC2CCC(C2)CC(c2ccccc2)C1)Cc1ccccc1. The fourth-order valence-electron chi connectivity index (χ4n) is 5.30. The number of nitrogens with two attached hydrogens (primary N) is 1. The summed E-state index contributed by atoms with van der Waals surface area (Å²) >= 11 is 0. The second-order valence-electron chi connectivity index (χ2n) is 8.89. The summed E-state index contributed by atoms with van der Waals surface area (Å²) in [7, 11) is 0. The van der Waals surface area contributed by atoms with Gasteiger partial charge in [0, 0.05) is 19.1 Å². The van der Waals surface area contributed by atoms with Gasteiger partial charge in [0.2, 0.25) is 0 Å². The van der Waals surface area contributed by atoms with Crippen LogP contribution in [0.1, 0.15) is 49.1 Å². The maximum atomic E-state index is 6.49. The summed E-state index contributed by atoms with van der Waals surface area (Å²) < 4.78 is 0. The van der Waals surface area contributed by atoms with E-state index in [1.807, 2.05) is 0 Å². The highest BCUT2D eigenvalue weighted by Crippen LogP contribution is 2.40. The first-order valence-corrected chi connectivity index (χ1v) is 10.8. The molecule has 1 aliphatic carbocycles. The molecule has 4 rings (SSSR count). The second-order valence-corrected chi connectivity index (χ2v) is 8.89. The smallest absolute Gasteiger partial charge is 0.00914 e. The van der Waals surface area contributed by atoms with Crippen LogP contribution in [0.3, 0.4) is 0 Å². The van der Waals surface area contributed by atoms with Crippen LogP contribution in [0.4, 0.5) is 0 Å². The van der Waals surface area contributed by atoms with Crippen molar-refractivity contribution in [3.8, 4) is 0 Å². The van der Waals surface area contributed by atoms with Crippen LogP contribution >= 0.6 is 0 Å². The van der Waals surface area contributed by atoms with E-state index in [2.05, 4.69) is 65.6 Å². The van der Waals surface area contributed by atoms with E-state index in [1.165, 1.54) is 49.9 Å². The Hall–Kier alpha value is -1.64. The van der Waals surface area contributed by atoms with Crippen LogP contribution in [-0.2, 0) is 6.42 Å². The van der Waals surface area contributed by atoms with Crippen LogP contribution in [0.25, 0.3) is 0 Å². The number of likely N-dealkylation sites (tertiary alicyclic amines) is 1. The summed E-state index contributed by atoms with van der Waals surface area (Å²) in [5.74, 6) is 2.54. The minimum Gasteiger partial charge on any atom is -0.327 e. The fourth-order valence-corrected chi connectivity index (χ4v) is 5.30. The van der Waals surface area contributed by atoms with Gasteiger partial charge in [-0.25, -0.2) is 0 Å². The molecule has 2 heteroatoms. The first-order valence-electron chi connectivity index (χ1n) is 10.8. The Kier molecular flexibility index (Phi) is 6.26. The Morgan fingerprint density at radius 1 is 0.852 bits per heavy atom. The molecule has 1 heterocycles. The molecule has 2 N–H and O–H groups in total. The molecule has 144 valence electrons. The average Bonchev–Trinajstić information content (AvgIpc) is 3.15. The molecule has 0 spiro atoms. The predicted octanol–water partition coefficient (Wildman–Crippen LogP) is 4.85. The van der Waals surface area contributed by atoms with Gasteiger partial charge in [0.25, 0.3) is 0 Å². The molecule has 1 aliphatic heterocycles. The summed E-state index contributed by atoms with van der Waals surface area (Å²) in [5, 5.41) is 0. The monoisotopic (exact) mass is 362 g/mol. The second kappa shape index (κ2) is 9.03. The lowest BCUT2D eigenvalue weighted by atomic mass is 9.85. The molecular formula is C25H34N2. The van der Waals surface area contributed by atoms with E-state index in [-0.39, 0.29) is 6.04 Å². The first kappa shape index (κ1) is 18.7. The Morgan fingerprint density at radius 3 is 2.33 bits per heavy atom. The molecule has 1 saturated carbocycles. The molecule has 0 amide bonds. The van der Waals surface area contributed by atoms with Crippen LogP contribution in [0.2, 0.25) is 0 Å². The van der Waals surface area contributed by atoms with Crippen LogP contribution in [0.5, 0.6) is 0 Å². The van der Waals surface area contributed by atoms with Crippen molar-refractivity contribution < 1.29 is 0 Å². The number of fused-ring (bicyclic) bond motifs is 2. The molecule has 2 nitrogen and oxygen atoms in total. The molecular weight excluding hydrogens is 328 g/mol. The lowest BCUT2D eigenvalue weighted by molar-refractivity contribution is 0.186. The summed E-state index contributed by atoms with van der Waals surface area (Å²) in [6, 6.07) is 22.1. The molecule has 4 atom stereocenters. The molecule has 0 radical (unpaired) electrons. The minimum atomic E-state index is 0.254. The van der Waals surface area contributed by atoms with Gasteiger partial charge in [-0.2, -0.15) is 0 Å². The van der Waals surface area contributed by atoms with E-state index in [9.17, 15) is 0 Å². The Labute approximate surface area is 164 Å². The van der Waals surface area contributed by atoms with Crippen molar-refractivity contribution in [1.82, 2.24) is 4.90 Å². The van der Waals surface area contributed by atoms with E-state index in [4.69, 9.17) is 5.73 Å². The van der Waals surface area contributed by atoms with Crippen LogP contribution in [-0.4, -0.2) is 30.6 Å². The Bertz CT molecular complexity index is 684.